The quantitative estimate of drug-likeness (QED) is 0.193. The molecule has 2 heterocycles. The molecule has 0 unspecified atom stereocenters. The van der Waals surface area contributed by atoms with Gasteiger partial charge in [0.15, 0.2) is 0 Å². The summed E-state index contributed by atoms with van der Waals surface area (Å²) in [6, 6.07) is 56.0. The van der Waals surface area contributed by atoms with Crippen LogP contribution < -0.4 is 4.90 Å². The number of hydrogen-bond acceptors (Lipinski definition) is 3. The predicted molar refractivity (Wildman–Crippen MR) is 199 cm³/mol. The summed E-state index contributed by atoms with van der Waals surface area (Å²) in [5.74, 6) is 0. The highest BCUT2D eigenvalue weighted by Crippen LogP contribution is 2.48. The van der Waals surface area contributed by atoms with Gasteiger partial charge in [-0.3, -0.25) is 0 Å². The van der Waals surface area contributed by atoms with Crippen LogP contribution in [-0.4, -0.2) is 0 Å². The van der Waals surface area contributed by atoms with Gasteiger partial charge in [-0.05, 0) is 70.1 Å². The molecule has 0 fully saturated rings. The minimum absolute atomic E-state index is 1.15. The number of fused-ring (bicyclic) bond motifs is 11. The highest BCUT2D eigenvalue weighted by Gasteiger charge is 2.21. The Morgan fingerprint density at radius 1 is 0.356 bits per heavy atom. The van der Waals surface area contributed by atoms with Crippen LogP contribution >= 0.6 is 22.7 Å². The largest absolute Gasteiger partial charge is 0.310 e. The highest BCUT2D eigenvalue weighted by atomic mass is 32.1. The zero-order valence-electron chi connectivity index (χ0n) is 24.2. The first-order valence-electron chi connectivity index (χ1n) is 15.3. The average Bonchev–Trinajstić information content (AvgIpc) is 3.67. The van der Waals surface area contributed by atoms with Gasteiger partial charge in [-0.1, -0.05) is 103 Å². The fraction of sp³-hybridized carbons (Fsp3) is 0. The Bertz CT molecular complexity index is 2780. The van der Waals surface area contributed by atoms with Gasteiger partial charge in [-0.25, -0.2) is 0 Å². The van der Waals surface area contributed by atoms with Crippen molar-refractivity contribution in [1.82, 2.24) is 0 Å². The van der Waals surface area contributed by atoms with Gasteiger partial charge in [0.25, 0.3) is 0 Å². The molecule has 45 heavy (non-hydrogen) atoms. The van der Waals surface area contributed by atoms with Crippen molar-refractivity contribution >= 4 is 112 Å². The molecule has 10 rings (SSSR count). The fourth-order valence-electron chi connectivity index (χ4n) is 7.13. The molecule has 8 aromatic carbocycles. The van der Waals surface area contributed by atoms with E-state index in [1.807, 2.05) is 22.7 Å². The zero-order chi connectivity index (χ0) is 29.5. The van der Waals surface area contributed by atoms with Crippen LogP contribution in [0.4, 0.5) is 17.1 Å². The van der Waals surface area contributed by atoms with Crippen LogP contribution in [0.1, 0.15) is 0 Å². The van der Waals surface area contributed by atoms with Crippen molar-refractivity contribution in [1.29, 1.82) is 0 Å². The second-order valence-electron chi connectivity index (χ2n) is 11.7. The summed E-state index contributed by atoms with van der Waals surface area (Å²) in [6.45, 7) is 0. The van der Waals surface area contributed by atoms with Crippen LogP contribution in [0.2, 0.25) is 0 Å². The maximum atomic E-state index is 2.48. The molecule has 0 aliphatic heterocycles. The molecule has 3 heteroatoms. The summed E-state index contributed by atoms with van der Waals surface area (Å²) < 4.78 is 5.31. The van der Waals surface area contributed by atoms with E-state index in [9.17, 15) is 0 Å². The summed E-state index contributed by atoms with van der Waals surface area (Å²) >= 11 is 3.77. The topological polar surface area (TPSA) is 3.24 Å². The molecule has 0 atom stereocenters. The fourth-order valence-corrected chi connectivity index (χ4v) is 9.45. The van der Waals surface area contributed by atoms with Gasteiger partial charge in [0.1, 0.15) is 0 Å². The van der Waals surface area contributed by atoms with Crippen LogP contribution in [0.3, 0.4) is 0 Å². The third-order valence-corrected chi connectivity index (χ3v) is 11.6. The van der Waals surface area contributed by atoms with E-state index in [0.29, 0.717) is 0 Å². The first kappa shape index (κ1) is 25.1. The smallest absolute Gasteiger partial charge is 0.0547 e. The van der Waals surface area contributed by atoms with E-state index < -0.39 is 0 Å². The molecule has 0 radical (unpaired) electrons. The zero-order valence-corrected chi connectivity index (χ0v) is 25.8. The molecule has 0 amide bonds. The van der Waals surface area contributed by atoms with Crippen molar-refractivity contribution in [2.45, 2.75) is 0 Å². The number of nitrogens with zero attached hydrogens (tertiary/aromatic N) is 1. The molecule has 0 N–H and O–H groups in total. The van der Waals surface area contributed by atoms with Crippen LogP contribution in [0.25, 0.3) is 72.7 Å². The number of thiophene rings is 2. The molecular weight excluding hydrogens is 583 g/mol. The summed E-state index contributed by atoms with van der Waals surface area (Å²) in [7, 11) is 0. The average molecular weight is 608 g/mol. The van der Waals surface area contributed by atoms with Gasteiger partial charge in [-0.2, -0.15) is 0 Å². The lowest BCUT2D eigenvalue weighted by molar-refractivity contribution is 1.32. The van der Waals surface area contributed by atoms with Gasteiger partial charge in [-0.15, -0.1) is 22.7 Å². The monoisotopic (exact) mass is 607 g/mol. The molecule has 0 saturated heterocycles. The summed E-state index contributed by atoms with van der Waals surface area (Å²) in [5.41, 5.74) is 3.51. The van der Waals surface area contributed by atoms with Crippen molar-refractivity contribution in [2.75, 3.05) is 4.90 Å². The van der Waals surface area contributed by atoms with Crippen LogP contribution in [0.5, 0.6) is 0 Å². The first-order chi connectivity index (χ1) is 22.3. The van der Waals surface area contributed by atoms with E-state index in [4.69, 9.17) is 0 Å². The molecule has 10 aromatic rings. The Labute approximate surface area is 267 Å². The Hall–Kier alpha value is -5.22. The molecule has 1 nitrogen and oxygen atoms in total. The van der Waals surface area contributed by atoms with E-state index in [-0.39, 0.29) is 0 Å². The number of rotatable bonds is 3. The third-order valence-electron chi connectivity index (χ3n) is 9.20. The molecule has 0 aliphatic carbocycles. The number of benzene rings is 8. The molecule has 0 spiro atoms. The van der Waals surface area contributed by atoms with Crippen LogP contribution in [-0.2, 0) is 0 Å². The van der Waals surface area contributed by atoms with Gasteiger partial charge in [0.05, 0.1) is 5.69 Å². The van der Waals surface area contributed by atoms with E-state index in [1.54, 1.807) is 0 Å². The van der Waals surface area contributed by atoms with E-state index in [1.165, 1.54) is 78.3 Å². The standard InChI is InChI=1S/C42H25NS2/c1-2-11-28-23-29(19-17-26(28)9-1)43(30-20-22-39-36(24-30)41-31-12-4-3-10-27(31)18-21-40(41)44-39)37-25-35-33-14-7-8-16-38(33)45-42(35)34-15-6-5-13-32(34)37/h1-25H. The molecule has 0 aliphatic rings. The van der Waals surface area contributed by atoms with E-state index in [0.717, 1.165) is 11.4 Å². The SMILES string of the molecule is c1ccc2cc(N(c3ccc4sc5ccc6ccccc6c5c4c3)c3cc4c5ccccc5sc4c4ccccc34)ccc2c1. The summed E-state index contributed by atoms with van der Waals surface area (Å²) in [6.07, 6.45) is 0. The molecule has 2 aromatic heterocycles. The second-order valence-corrected chi connectivity index (χ2v) is 13.9. The van der Waals surface area contributed by atoms with E-state index in [2.05, 4.69) is 157 Å². The Morgan fingerprint density at radius 3 is 1.87 bits per heavy atom. The number of hydrogen-bond donors (Lipinski definition) is 0. The van der Waals surface area contributed by atoms with Crippen LogP contribution in [0.15, 0.2) is 152 Å². The maximum absolute atomic E-state index is 2.48. The van der Waals surface area contributed by atoms with Crippen molar-refractivity contribution < 1.29 is 0 Å². The van der Waals surface area contributed by atoms with Gasteiger partial charge in [0.2, 0.25) is 0 Å². The highest BCUT2D eigenvalue weighted by molar-refractivity contribution is 7.27. The third kappa shape index (κ3) is 3.78. The lowest BCUT2D eigenvalue weighted by atomic mass is 10.0. The maximum Gasteiger partial charge on any atom is 0.0547 e. The summed E-state index contributed by atoms with van der Waals surface area (Å²) in [4.78, 5) is 2.48. The second kappa shape index (κ2) is 9.64. The molecule has 210 valence electrons. The van der Waals surface area contributed by atoms with Gasteiger partial charge < -0.3 is 4.90 Å². The van der Waals surface area contributed by atoms with Crippen molar-refractivity contribution in [3.63, 3.8) is 0 Å². The van der Waals surface area contributed by atoms with Crippen molar-refractivity contribution in [3.05, 3.63) is 152 Å². The van der Waals surface area contributed by atoms with Crippen molar-refractivity contribution in [2.24, 2.45) is 0 Å². The van der Waals surface area contributed by atoms with E-state index >= 15 is 0 Å². The van der Waals surface area contributed by atoms with Gasteiger partial charge >= 0.3 is 0 Å². The Morgan fingerprint density at radius 2 is 0.978 bits per heavy atom. The predicted octanol–water partition coefficient (Wildman–Crippen LogP) is 13.4. The first-order valence-corrected chi connectivity index (χ1v) is 16.9. The molecular formula is C42H25NS2. The Balaban J connectivity index is 1.32. The molecule has 0 saturated carbocycles. The number of anilines is 3. The minimum Gasteiger partial charge on any atom is -0.310 e. The van der Waals surface area contributed by atoms with Gasteiger partial charge in [0, 0.05) is 62.5 Å². The lowest BCUT2D eigenvalue weighted by Gasteiger charge is -2.28. The Kier molecular flexibility index (Phi) is 5.39. The normalized spacial score (nSPS) is 12.0. The summed E-state index contributed by atoms with van der Waals surface area (Å²) in [5, 5.41) is 12.9. The minimum atomic E-state index is 1.15. The molecule has 0 bridgehead atoms. The lowest BCUT2D eigenvalue weighted by Crippen LogP contribution is -2.10. The van der Waals surface area contributed by atoms with Crippen molar-refractivity contribution in [3.8, 4) is 0 Å². The van der Waals surface area contributed by atoms with Crippen LogP contribution in [0, 0.1) is 0 Å².